The molecule has 1 aromatic heterocycles. The minimum atomic E-state index is -0.896. The number of pyridine rings is 1. The summed E-state index contributed by atoms with van der Waals surface area (Å²) in [5.41, 5.74) is 5.42. The predicted molar refractivity (Wildman–Crippen MR) is 71.0 cm³/mol. The molecule has 0 aliphatic heterocycles. The van der Waals surface area contributed by atoms with Crippen molar-refractivity contribution in [3.8, 4) is 0 Å². The van der Waals surface area contributed by atoms with Crippen LogP contribution >= 0.6 is 0 Å². The molecule has 0 spiro atoms. The number of hydrogen-bond donors (Lipinski definition) is 2. The van der Waals surface area contributed by atoms with Gasteiger partial charge in [-0.3, -0.25) is 4.79 Å². The van der Waals surface area contributed by atoms with Gasteiger partial charge in [-0.2, -0.15) is 0 Å². The maximum atomic E-state index is 13.6. The summed E-state index contributed by atoms with van der Waals surface area (Å²) in [4.78, 5) is 15.3. The Morgan fingerprint density at radius 3 is 2.52 bits per heavy atom. The largest absolute Gasteiger partial charge is 0.381 e. The zero-order valence-corrected chi connectivity index (χ0v) is 10.9. The fraction of sp³-hybridized carbons (Fsp3) is 0.143. The van der Waals surface area contributed by atoms with E-state index in [0.29, 0.717) is 5.56 Å². The monoisotopic (exact) mass is 295 g/mol. The average Bonchev–Trinajstić information content (AvgIpc) is 2.40. The molecule has 0 atom stereocenters. The van der Waals surface area contributed by atoms with Gasteiger partial charge in [0, 0.05) is 18.8 Å². The van der Waals surface area contributed by atoms with Crippen molar-refractivity contribution in [2.75, 3.05) is 12.3 Å². The van der Waals surface area contributed by atoms with Crippen molar-refractivity contribution in [2.45, 2.75) is 6.42 Å². The molecule has 0 saturated carbocycles. The van der Waals surface area contributed by atoms with Crippen molar-refractivity contribution in [1.29, 1.82) is 0 Å². The van der Waals surface area contributed by atoms with Crippen LogP contribution < -0.4 is 11.1 Å². The third kappa shape index (κ3) is 3.71. The highest BCUT2D eigenvalue weighted by Gasteiger charge is 2.14. The molecule has 0 radical (unpaired) electrons. The van der Waals surface area contributed by atoms with E-state index in [1.165, 1.54) is 24.4 Å². The van der Waals surface area contributed by atoms with Gasteiger partial charge in [-0.25, -0.2) is 18.2 Å². The van der Waals surface area contributed by atoms with Crippen molar-refractivity contribution < 1.29 is 18.0 Å². The van der Waals surface area contributed by atoms with Crippen LogP contribution in [0.25, 0.3) is 0 Å². The molecule has 1 aromatic carbocycles. The number of nitrogens with zero attached hydrogens (tertiary/aromatic N) is 1. The highest BCUT2D eigenvalue weighted by Crippen LogP contribution is 2.12. The number of benzene rings is 1. The topological polar surface area (TPSA) is 68.0 Å². The molecule has 1 heterocycles. The number of aromatic nitrogens is 1. The van der Waals surface area contributed by atoms with E-state index < -0.39 is 23.4 Å². The van der Waals surface area contributed by atoms with Crippen LogP contribution in [0.15, 0.2) is 30.5 Å². The number of amides is 1. The van der Waals surface area contributed by atoms with E-state index in [4.69, 9.17) is 5.73 Å². The zero-order valence-electron chi connectivity index (χ0n) is 10.9. The Hall–Kier alpha value is -2.57. The molecule has 0 aliphatic carbocycles. The second kappa shape index (κ2) is 6.25. The summed E-state index contributed by atoms with van der Waals surface area (Å²) in [5, 5.41) is 2.45. The van der Waals surface area contributed by atoms with Gasteiger partial charge in [-0.15, -0.1) is 0 Å². The number of halogens is 3. The Kier molecular flexibility index (Phi) is 4.42. The first-order valence-electron chi connectivity index (χ1n) is 6.10. The highest BCUT2D eigenvalue weighted by molar-refractivity contribution is 5.95. The van der Waals surface area contributed by atoms with Crippen molar-refractivity contribution in [2.24, 2.45) is 0 Å². The lowest BCUT2D eigenvalue weighted by atomic mass is 10.1. The van der Waals surface area contributed by atoms with Crippen LogP contribution in [-0.4, -0.2) is 17.4 Å². The maximum Gasteiger partial charge on any atom is 0.254 e. The van der Waals surface area contributed by atoms with Crippen LogP contribution in [0.4, 0.5) is 19.0 Å². The first-order chi connectivity index (χ1) is 9.97. The SMILES string of the molecule is Nc1nccc(C(=O)NCCc2cc(F)cc(F)c2)c1F. The van der Waals surface area contributed by atoms with E-state index >= 15 is 0 Å². The minimum absolute atomic E-state index is 0.101. The van der Waals surface area contributed by atoms with E-state index in [9.17, 15) is 18.0 Å². The van der Waals surface area contributed by atoms with Gasteiger partial charge in [0.15, 0.2) is 11.6 Å². The molecule has 1 amide bonds. The summed E-state index contributed by atoms with van der Waals surface area (Å²) >= 11 is 0. The Labute approximate surface area is 118 Å². The Morgan fingerprint density at radius 2 is 1.86 bits per heavy atom. The standard InChI is InChI=1S/C14H12F3N3O/c15-9-5-8(6-10(16)7-9)1-3-20-14(21)11-2-4-19-13(18)12(11)17/h2,4-7H,1,3H2,(H2,18,19)(H,20,21). The van der Waals surface area contributed by atoms with Crippen molar-refractivity contribution in [3.63, 3.8) is 0 Å². The van der Waals surface area contributed by atoms with Gasteiger partial charge in [0.25, 0.3) is 5.91 Å². The number of anilines is 1. The summed E-state index contributed by atoms with van der Waals surface area (Å²) in [6.07, 6.45) is 1.43. The predicted octanol–water partition coefficient (Wildman–Crippen LogP) is 2.05. The van der Waals surface area contributed by atoms with E-state index in [2.05, 4.69) is 10.3 Å². The molecule has 0 fully saturated rings. The van der Waals surface area contributed by atoms with Crippen LogP contribution in [0.2, 0.25) is 0 Å². The van der Waals surface area contributed by atoms with Crippen molar-refractivity contribution in [1.82, 2.24) is 10.3 Å². The molecule has 7 heteroatoms. The smallest absolute Gasteiger partial charge is 0.254 e. The fourth-order valence-corrected chi connectivity index (χ4v) is 1.81. The van der Waals surface area contributed by atoms with E-state index in [0.717, 1.165) is 6.07 Å². The summed E-state index contributed by atoms with van der Waals surface area (Å²) in [5.74, 6) is -3.31. The molecule has 0 saturated heterocycles. The maximum absolute atomic E-state index is 13.6. The van der Waals surface area contributed by atoms with Gasteiger partial charge in [0.2, 0.25) is 0 Å². The molecule has 2 aromatic rings. The Bertz CT molecular complexity index is 656. The van der Waals surface area contributed by atoms with E-state index in [1.54, 1.807) is 0 Å². The van der Waals surface area contributed by atoms with Gasteiger partial charge in [0.05, 0.1) is 5.56 Å². The minimum Gasteiger partial charge on any atom is -0.381 e. The lowest BCUT2D eigenvalue weighted by Crippen LogP contribution is -2.27. The molecular weight excluding hydrogens is 283 g/mol. The lowest BCUT2D eigenvalue weighted by molar-refractivity contribution is 0.0950. The summed E-state index contributed by atoms with van der Waals surface area (Å²) in [6, 6.07) is 4.29. The Balaban J connectivity index is 1.97. The normalized spacial score (nSPS) is 10.4. The summed E-state index contributed by atoms with van der Waals surface area (Å²) in [7, 11) is 0. The van der Waals surface area contributed by atoms with Crippen LogP contribution in [0.3, 0.4) is 0 Å². The Morgan fingerprint density at radius 1 is 1.19 bits per heavy atom. The average molecular weight is 295 g/mol. The van der Waals surface area contributed by atoms with Crippen LogP contribution in [0, 0.1) is 17.5 Å². The third-order valence-electron chi connectivity index (χ3n) is 2.78. The molecule has 21 heavy (non-hydrogen) atoms. The molecule has 4 nitrogen and oxygen atoms in total. The quantitative estimate of drug-likeness (QED) is 0.907. The van der Waals surface area contributed by atoms with Gasteiger partial charge >= 0.3 is 0 Å². The van der Waals surface area contributed by atoms with Gasteiger partial charge < -0.3 is 11.1 Å². The van der Waals surface area contributed by atoms with Crippen LogP contribution in [-0.2, 0) is 6.42 Å². The molecule has 3 N–H and O–H groups in total. The molecule has 0 unspecified atom stereocenters. The molecule has 2 rings (SSSR count). The van der Waals surface area contributed by atoms with E-state index in [1.807, 2.05) is 0 Å². The highest BCUT2D eigenvalue weighted by atomic mass is 19.1. The van der Waals surface area contributed by atoms with Crippen molar-refractivity contribution in [3.05, 3.63) is 59.0 Å². The number of nitrogens with two attached hydrogens (primary N) is 1. The number of nitrogen functional groups attached to an aromatic ring is 1. The van der Waals surface area contributed by atoms with Crippen molar-refractivity contribution >= 4 is 11.7 Å². The molecular formula is C14H12F3N3O. The number of nitrogens with one attached hydrogen (secondary N) is 1. The summed E-state index contributed by atoms with van der Waals surface area (Å²) < 4.78 is 39.5. The number of hydrogen-bond acceptors (Lipinski definition) is 3. The zero-order chi connectivity index (χ0) is 15.4. The van der Waals surface area contributed by atoms with Gasteiger partial charge in [0.1, 0.15) is 11.6 Å². The summed E-state index contributed by atoms with van der Waals surface area (Å²) in [6.45, 7) is 0.101. The number of carbonyl (C=O) groups is 1. The van der Waals surface area contributed by atoms with Gasteiger partial charge in [-0.1, -0.05) is 0 Å². The third-order valence-corrected chi connectivity index (χ3v) is 2.78. The first-order valence-corrected chi connectivity index (χ1v) is 6.10. The second-order valence-corrected chi connectivity index (χ2v) is 4.34. The first kappa shape index (κ1) is 14.8. The molecule has 110 valence electrons. The van der Waals surface area contributed by atoms with E-state index in [-0.39, 0.29) is 24.3 Å². The lowest BCUT2D eigenvalue weighted by Gasteiger charge is -2.07. The second-order valence-electron chi connectivity index (χ2n) is 4.34. The number of rotatable bonds is 4. The fourth-order valence-electron chi connectivity index (χ4n) is 1.81. The molecule has 0 aliphatic rings. The molecule has 0 bridgehead atoms. The van der Waals surface area contributed by atoms with Crippen LogP contribution in [0.5, 0.6) is 0 Å². The van der Waals surface area contributed by atoms with Gasteiger partial charge in [-0.05, 0) is 30.2 Å². The van der Waals surface area contributed by atoms with Crippen LogP contribution in [0.1, 0.15) is 15.9 Å². The number of carbonyl (C=O) groups excluding carboxylic acids is 1.